The zero-order chi connectivity index (χ0) is 23.1. The molecule has 1 aromatic carbocycles. The molecule has 2 atom stereocenters. The van der Waals surface area contributed by atoms with Crippen LogP contribution in [0.1, 0.15) is 29.8 Å². The summed E-state index contributed by atoms with van der Waals surface area (Å²) in [6, 6.07) is 10.1. The maximum Gasteiger partial charge on any atom is 0.269 e. The molecule has 1 saturated carbocycles. The Hall–Kier alpha value is -3.82. The van der Waals surface area contributed by atoms with Gasteiger partial charge in [0.05, 0.1) is 17.4 Å². The Morgan fingerprint density at radius 3 is 2.61 bits per heavy atom. The average molecular weight is 450 g/mol. The number of alkyl halides is 1. The minimum Gasteiger partial charge on any atom is -0.364 e. The average Bonchev–Trinajstić information content (AvgIpc) is 3.45. The molecule has 1 aliphatic carbocycles. The molecule has 3 amide bonds. The number of nitrogens with zero attached hydrogens (tertiary/aromatic N) is 5. The number of fused-ring (bicyclic) bond motifs is 1. The summed E-state index contributed by atoms with van der Waals surface area (Å²) in [5.41, 5.74) is 6.67. The lowest BCUT2D eigenvalue weighted by atomic mass is 10.1. The van der Waals surface area contributed by atoms with Gasteiger partial charge in [-0.15, -0.1) is 0 Å². The Kier molecular flexibility index (Phi) is 5.27. The first-order valence-electron chi connectivity index (χ1n) is 10.9. The Bertz CT molecular complexity index is 1230. The molecule has 10 heteroatoms. The third-order valence-electron chi connectivity index (χ3n) is 6.11. The van der Waals surface area contributed by atoms with E-state index >= 15 is 0 Å². The fraction of sp³-hybridized carbons (Fsp3) is 0.348. The maximum atomic E-state index is 14.5. The van der Waals surface area contributed by atoms with E-state index in [1.54, 1.807) is 11.0 Å². The number of halogens is 1. The lowest BCUT2D eigenvalue weighted by Gasteiger charge is -2.30. The van der Waals surface area contributed by atoms with Crippen molar-refractivity contribution in [1.29, 1.82) is 0 Å². The van der Waals surface area contributed by atoms with Crippen LogP contribution in [-0.2, 0) is 16.1 Å². The number of benzene rings is 1. The summed E-state index contributed by atoms with van der Waals surface area (Å²) in [4.78, 5) is 45.5. The Morgan fingerprint density at radius 2 is 1.91 bits per heavy atom. The fourth-order valence-corrected chi connectivity index (χ4v) is 4.44. The van der Waals surface area contributed by atoms with Crippen molar-refractivity contribution >= 4 is 34.3 Å². The Labute approximate surface area is 189 Å². The van der Waals surface area contributed by atoms with Crippen LogP contribution in [0.3, 0.4) is 0 Å². The second-order valence-corrected chi connectivity index (χ2v) is 8.43. The van der Waals surface area contributed by atoms with Crippen molar-refractivity contribution in [3.63, 3.8) is 0 Å². The normalized spacial score (nSPS) is 20.2. The third-order valence-corrected chi connectivity index (χ3v) is 6.11. The van der Waals surface area contributed by atoms with E-state index in [2.05, 4.69) is 10.1 Å². The molecule has 9 nitrogen and oxygen atoms in total. The molecule has 0 radical (unpaired) electrons. The van der Waals surface area contributed by atoms with Gasteiger partial charge >= 0.3 is 0 Å². The van der Waals surface area contributed by atoms with Crippen LogP contribution in [0.4, 0.5) is 10.1 Å². The molecule has 3 aromatic rings. The SMILES string of the molecule is NC(=O)c1nn(CC(=O)N2C[C@H](F)C[C@H]2C(=O)N(c2ccccc2)C2CC2)c2ccncc12. The molecule has 0 bridgehead atoms. The molecule has 3 heterocycles. The van der Waals surface area contributed by atoms with Gasteiger partial charge in [0.2, 0.25) is 11.8 Å². The van der Waals surface area contributed by atoms with Crippen LogP contribution in [0.5, 0.6) is 0 Å². The van der Waals surface area contributed by atoms with E-state index in [-0.39, 0.29) is 37.2 Å². The number of rotatable bonds is 6. The highest BCUT2D eigenvalue weighted by molar-refractivity contribution is 6.04. The molecule has 33 heavy (non-hydrogen) atoms. The van der Waals surface area contributed by atoms with Crippen LogP contribution in [0.15, 0.2) is 48.8 Å². The lowest BCUT2D eigenvalue weighted by Crippen LogP contribution is -2.49. The van der Waals surface area contributed by atoms with Crippen molar-refractivity contribution < 1.29 is 18.8 Å². The van der Waals surface area contributed by atoms with Gasteiger partial charge in [-0.2, -0.15) is 5.10 Å². The van der Waals surface area contributed by atoms with Gasteiger partial charge in [-0.1, -0.05) is 18.2 Å². The minimum absolute atomic E-state index is 0.00676. The number of aromatic nitrogens is 3. The van der Waals surface area contributed by atoms with E-state index in [0.29, 0.717) is 10.9 Å². The summed E-state index contributed by atoms with van der Waals surface area (Å²) in [5, 5.41) is 4.61. The zero-order valence-electron chi connectivity index (χ0n) is 17.8. The molecular weight excluding hydrogens is 427 g/mol. The molecule has 0 unspecified atom stereocenters. The van der Waals surface area contributed by atoms with Crippen molar-refractivity contribution in [2.75, 3.05) is 11.4 Å². The van der Waals surface area contributed by atoms with Crippen molar-refractivity contribution in [2.45, 2.75) is 44.1 Å². The van der Waals surface area contributed by atoms with Gasteiger partial charge in [-0.05, 0) is 31.0 Å². The van der Waals surface area contributed by atoms with Crippen LogP contribution < -0.4 is 10.6 Å². The first kappa shape index (κ1) is 21.0. The summed E-state index contributed by atoms with van der Waals surface area (Å²) in [7, 11) is 0. The molecule has 5 rings (SSSR count). The number of primary amides is 1. The maximum absolute atomic E-state index is 14.5. The van der Waals surface area contributed by atoms with Crippen LogP contribution in [-0.4, -0.2) is 62.2 Å². The van der Waals surface area contributed by atoms with E-state index in [1.807, 2.05) is 30.3 Å². The largest absolute Gasteiger partial charge is 0.364 e. The number of nitrogens with two attached hydrogens (primary N) is 1. The van der Waals surface area contributed by atoms with Crippen molar-refractivity contribution in [1.82, 2.24) is 19.7 Å². The number of hydrogen-bond acceptors (Lipinski definition) is 5. The number of anilines is 1. The van der Waals surface area contributed by atoms with Crippen LogP contribution >= 0.6 is 0 Å². The number of para-hydroxylation sites is 1. The minimum atomic E-state index is -1.29. The second-order valence-electron chi connectivity index (χ2n) is 8.43. The summed E-state index contributed by atoms with van der Waals surface area (Å²) in [6.07, 6.45) is 3.39. The standard InChI is InChI=1S/C23H23FN6O3/c24-14-10-19(23(33)30(16-6-7-16)15-4-2-1-3-5-15)28(12-14)20(31)13-29-18-8-9-26-11-17(18)21(27-29)22(25)32/h1-5,8-9,11,14,16,19H,6-7,10,12-13H2,(H2,25,32)/t14-,19+/m1/s1. The summed E-state index contributed by atoms with van der Waals surface area (Å²) in [5.74, 6) is -1.46. The van der Waals surface area contributed by atoms with Crippen molar-refractivity contribution in [3.8, 4) is 0 Å². The number of pyridine rings is 1. The number of likely N-dealkylation sites (tertiary alicyclic amines) is 1. The first-order valence-corrected chi connectivity index (χ1v) is 10.9. The van der Waals surface area contributed by atoms with Crippen LogP contribution in [0.2, 0.25) is 0 Å². The van der Waals surface area contributed by atoms with E-state index in [4.69, 9.17) is 5.73 Å². The molecule has 1 aliphatic heterocycles. The van der Waals surface area contributed by atoms with E-state index in [0.717, 1.165) is 18.5 Å². The third kappa shape index (κ3) is 3.92. The molecular formula is C23H23FN6O3. The van der Waals surface area contributed by atoms with Gasteiger partial charge in [-0.25, -0.2) is 4.39 Å². The fourth-order valence-electron chi connectivity index (χ4n) is 4.44. The Morgan fingerprint density at radius 1 is 1.15 bits per heavy atom. The molecule has 2 aromatic heterocycles. The lowest BCUT2D eigenvalue weighted by molar-refractivity contribution is -0.138. The first-order chi connectivity index (χ1) is 15.9. The van der Waals surface area contributed by atoms with Crippen molar-refractivity contribution in [2.24, 2.45) is 5.73 Å². The highest BCUT2D eigenvalue weighted by atomic mass is 19.1. The Balaban J connectivity index is 1.42. The summed E-state index contributed by atoms with van der Waals surface area (Å²) >= 11 is 0. The molecule has 170 valence electrons. The predicted octanol–water partition coefficient (Wildman–Crippen LogP) is 1.66. The molecule has 0 spiro atoms. The van der Waals surface area contributed by atoms with Crippen LogP contribution in [0.25, 0.3) is 10.9 Å². The summed E-state index contributed by atoms with van der Waals surface area (Å²) < 4.78 is 15.8. The zero-order valence-corrected chi connectivity index (χ0v) is 17.8. The van der Waals surface area contributed by atoms with Gasteiger partial charge in [0.25, 0.3) is 5.91 Å². The molecule has 2 N–H and O–H groups in total. The van der Waals surface area contributed by atoms with E-state index in [9.17, 15) is 18.8 Å². The number of hydrogen-bond donors (Lipinski definition) is 1. The van der Waals surface area contributed by atoms with Crippen molar-refractivity contribution in [3.05, 3.63) is 54.5 Å². The molecule has 1 saturated heterocycles. The summed E-state index contributed by atoms with van der Waals surface area (Å²) in [6.45, 7) is -0.412. The van der Waals surface area contributed by atoms with Gasteiger partial charge < -0.3 is 15.5 Å². The highest BCUT2D eigenvalue weighted by Gasteiger charge is 2.45. The number of carbonyl (C=O) groups excluding carboxylic acids is 3. The van der Waals surface area contributed by atoms with Gasteiger partial charge in [0.1, 0.15) is 18.8 Å². The second kappa shape index (κ2) is 8.27. The topological polar surface area (TPSA) is 114 Å². The number of amides is 3. The predicted molar refractivity (Wildman–Crippen MR) is 118 cm³/mol. The quantitative estimate of drug-likeness (QED) is 0.614. The smallest absolute Gasteiger partial charge is 0.269 e. The molecule has 2 aliphatic rings. The van der Waals surface area contributed by atoms with Gasteiger partial charge in [0, 0.05) is 30.5 Å². The molecule has 2 fully saturated rings. The van der Waals surface area contributed by atoms with Crippen LogP contribution in [0, 0.1) is 0 Å². The van der Waals surface area contributed by atoms with E-state index in [1.165, 1.54) is 22.0 Å². The van der Waals surface area contributed by atoms with Gasteiger partial charge in [-0.3, -0.25) is 24.0 Å². The van der Waals surface area contributed by atoms with E-state index < -0.39 is 24.0 Å². The monoisotopic (exact) mass is 450 g/mol. The number of carbonyl (C=O) groups is 3. The van der Waals surface area contributed by atoms with Gasteiger partial charge in [0.15, 0.2) is 5.69 Å². The highest BCUT2D eigenvalue weighted by Crippen LogP contribution is 2.34.